The number of rotatable bonds is 2. The quantitative estimate of drug-likeness (QED) is 0.591. The third-order valence-electron chi connectivity index (χ3n) is 1.07. The summed E-state index contributed by atoms with van der Waals surface area (Å²) < 4.78 is 9.27. The van der Waals surface area contributed by atoms with Crippen molar-refractivity contribution in [1.29, 1.82) is 0 Å². The molecule has 61 valence electrons. The predicted molar refractivity (Wildman–Crippen MR) is 30.8 cm³/mol. The van der Waals surface area contributed by atoms with Crippen LogP contribution >= 0.6 is 0 Å². The standard InChI is InChI=1S/C4H4O6.Sb/c5-1(3(7)8)2(6)4(9)10;/h1-2H,(H,7,8)(H,9,10);/q-2;+2. The molecule has 0 aromatic carbocycles. The molecule has 0 aliphatic carbocycles. The number of carboxylic acids is 2. The van der Waals surface area contributed by atoms with Crippen LogP contribution in [0.15, 0.2) is 0 Å². The van der Waals surface area contributed by atoms with Crippen molar-refractivity contribution in [2.45, 2.75) is 12.2 Å². The summed E-state index contributed by atoms with van der Waals surface area (Å²) in [5, 5.41) is 16.8. The molecule has 1 fully saturated rings. The predicted octanol–water partition coefficient (Wildman–Crippen LogP) is -1.53. The van der Waals surface area contributed by atoms with E-state index in [9.17, 15) is 9.59 Å². The van der Waals surface area contributed by atoms with Crippen molar-refractivity contribution in [3.8, 4) is 0 Å². The van der Waals surface area contributed by atoms with Crippen molar-refractivity contribution in [2.24, 2.45) is 0 Å². The molecule has 2 unspecified atom stereocenters. The normalized spacial score (nSPS) is 30.2. The summed E-state index contributed by atoms with van der Waals surface area (Å²) in [4.78, 5) is 20.5. The first-order valence-electron chi connectivity index (χ1n) is 2.60. The molecule has 2 N–H and O–H groups in total. The Morgan fingerprint density at radius 3 is 1.73 bits per heavy atom. The molecule has 1 radical (unpaired) electrons. The molecule has 1 aliphatic heterocycles. The van der Waals surface area contributed by atoms with Gasteiger partial charge in [0.05, 0.1) is 0 Å². The van der Waals surface area contributed by atoms with E-state index in [-0.39, 0.29) is 0 Å². The van der Waals surface area contributed by atoms with Crippen molar-refractivity contribution in [3.63, 3.8) is 0 Å². The maximum absolute atomic E-state index is 10.3. The van der Waals surface area contributed by atoms with Crippen LogP contribution in [0.1, 0.15) is 0 Å². The zero-order valence-corrected chi connectivity index (χ0v) is 7.68. The van der Waals surface area contributed by atoms with Crippen LogP contribution < -0.4 is 0 Å². The summed E-state index contributed by atoms with van der Waals surface area (Å²) in [6.45, 7) is 0. The molecule has 6 nitrogen and oxygen atoms in total. The number of carboxylic acid groups (broad SMARTS) is 2. The van der Waals surface area contributed by atoms with Gasteiger partial charge in [0.1, 0.15) is 0 Å². The van der Waals surface area contributed by atoms with E-state index in [0.717, 1.165) is 0 Å². The molecule has 0 aromatic heterocycles. The zero-order chi connectivity index (χ0) is 8.43. The fraction of sp³-hybridized carbons (Fsp3) is 0.500. The third-order valence-corrected chi connectivity index (χ3v) is 2.86. The van der Waals surface area contributed by atoms with E-state index in [1.165, 1.54) is 0 Å². The van der Waals surface area contributed by atoms with Crippen molar-refractivity contribution < 1.29 is 25.8 Å². The molecular weight excluding hydrogens is 266 g/mol. The van der Waals surface area contributed by atoms with Crippen molar-refractivity contribution in [2.75, 3.05) is 0 Å². The van der Waals surface area contributed by atoms with E-state index in [2.05, 4.69) is 6.03 Å². The monoisotopic (exact) mass is 269 g/mol. The molecule has 0 bridgehead atoms. The zero-order valence-electron chi connectivity index (χ0n) is 5.13. The van der Waals surface area contributed by atoms with Crippen molar-refractivity contribution >= 4 is 34.4 Å². The van der Waals surface area contributed by atoms with Gasteiger partial charge in [-0.2, -0.15) is 0 Å². The summed E-state index contributed by atoms with van der Waals surface area (Å²) in [5.41, 5.74) is 0. The van der Waals surface area contributed by atoms with E-state index in [1.807, 2.05) is 0 Å². The maximum atomic E-state index is 10.3. The van der Waals surface area contributed by atoms with Crippen LogP contribution in [0.2, 0.25) is 0 Å². The molecule has 2 atom stereocenters. The van der Waals surface area contributed by atoms with Gasteiger partial charge in [-0.25, -0.2) is 0 Å². The Labute approximate surface area is 72.8 Å². The van der Waals surface area contributed by atoms with E-state index in [0.29, 0.717) is 0 Å². The number of hydrogen-bond acceptors (Lipinski definition) is 4. The van der Waals surface area contributed by atoms with Crippen LogP contribution in [0.5, 0.6) is 0 Å². The van der Waals surface area contributed by atoms with Gasteiger partial charge in [0, 0.05) is 0 Å². The van der Waals surface area contributed by atoms with Gasteiger partial charge >= 0.3 is 72.4 Å². The Balaban J connectivity index is 2.65. The van der Waals surface area contributed by atoms with Crippen LogP contribution in [-0.2, 0) is 15.6 Å². The summed E-state index contributed by atoms with van der Waals surface area (Å²) in [6, 6.07) is 0. The van der Waals surface area contributed by atoms with Gasteiger partial charge in [0.15, 0.2) is 0 Å². The van der Waals surface area contributed by atoms with Gasteiger partial charge in [0.2, 0.25) is 0 Å². The van der Waals surface area contributed by atoms with Crippen LogP contribution in [0.4, 0.5) is 0 Å². The molecule has 1 heterocycles. The van der Waals surface area contributed by atoms with Gasteiger partial charge in [-0.1, -0.05) is 0 Å². The van der Waals surface area contributed by atoms with Gasteiger partial charge in [-0.05, 0) is 0 Å². The van der Waals surface area contributed by atoms with Crippen LogP contribution in [0.3, 0.4) is 0 Å². The van der Waals surface area contributed by atoms with Crippen LogP contribution in [0, 0.1) is 0 Å². The Bertz CT molecular complexity index is 171. The molecular formula is C4H4O6Sb. The summed E-state index contributed by atoms with van der Waals surface area (Å²) in [6.07, 6.45) is -2.63. The first-order chi connectivity index (χ1) is 5.13. The van der Waals surface area contributed by atoms with Gasteiger partial charge < -0.3 is 0 Å². The Morgan fingerprint density at radius 2 is 1.45 bits per heavy atom. The van der Waals surface area contributed by atoms with Crippen molar-refractivity contribution in [1.82, 2.24) is 0 Å². The average molecular weight is 270 g/mol. The van der Waals surface area contributed by atoms with Gasteiger partial charge in [-0.3, -0.25) is 0 Å². The van der Waals surface area contributed by atoms with E-state index < -0.39 is 46.6 Å². The van der Waals surface area contributed by atoms with Crippen molar-refractivity contribution in [3.05, 3.63) is 0 Å². The topological polar surface area (TPSA) is 93.1 Å². The second-order valence-electron chi connectivity index (χ2n) is 1.80. The molecule has 0 saturated carbocycles. The fourth-order valence-electron chi connectivity index (χ4n) is 0.577. The summed E-state index contributed by atoms with van der Waals surface area (Å²) in [7, 11) is 0. The Morgan fingerprint density at radius 1 is 1.09 bits per heavy atom. The number of hydrogen-bond donors (Lipinski definition) is 2. The second kappa shape index (κ2) is 3.38. The second-order valence-corrected chi connectivity index (χ2v) is 3.43. The Hall–Kier alpha value is -0.322. The Kier molecular flexibility index (Phi) is 2.70. The summed E-state index contributed by atoms with van der Waals surface area (Å²) in [5.74, 6) is -2.57. The van der Waals surface area contributed by atoms with E-state index >= 15 is 0 Å². The molecule has 7 heteroatoms. The molecule has 0 aromatic rings. The SMILES string of the molecule is O=C(O)C1[O][Sb][O]C1C(=O)O. The molecule has 11 heavy (non-hydrogen) atoms. The van der Waals surface area contributed by atoms with E-state index in [1.54, 1.807) is 0 Å². The van der Waals surface area contributed by atoms with Crippen LogP contribution in [-0.4, -0.2) is 56.8 Å². The van der Waals surface area contributed by atoms with Crippen LogP contribution in [0.25, 0.3) is 0 Å². The minimum atomic E-state index is -1.49. The molecule has 1 saturated heterocycles. The molecule has 1 aliphatic rings. The van der Waals surface area contributed by atoms with Gasteiger partial charge in [0.25, 0.3) is 0 Å². The van der Waals surface area contributed by atoms with E-state index in [4.69, 9.17) is 10.2 Å². The molecule has 1 rings (SSSR count). The number of aliphatic carboxylic acids is 2. The van der Waals surface area contributed by atoms with Gasteiger partial charge in [-0.15, -0.1) is 0 Å². The first kappa shape index (κ1) is 8.77. The first-order valence-corrected chi connectivity index (χ1v) is 4.69. The third kappa shape index (κ3) is 1.83. The average Bonchev–Trinajstić information content (AvgIpc) is 2.32. The number of carbonyl (C=O) groups is 2. The molecule has 0 amide bonds. The fourth-order valence-corrected chi connectivity index (χ4v) is 2.39. The minimum absolute atomic E-state index is 1.29. The summed E-state index contributed by atoms with van der Waals surface area (Å²) >= 11 is -1.49. The molecule has 0 spiro atoms.